The van der Waals surface area contributed by atoms with Crippen LogP contribution >= 0.6 is 0 Å². The smallest absolute Gasteiger partial charge is 0.227 e. The minimum absolute atomic E-state index is 0.143. The Morgan fingerprint density at radius 3 is 2.84 bits per heavy atom. The quantitative estimate of drug-likeness (QED) is 0.798. The number of nitrogens with two attached hydrogens (primary N) is 1. The van der Waals surface area contributed by atoms with Gasteiger partial charge in [0, 0.05) is 17.2 Å². The Kier molecular flexibility index (Phi) is 4.59. The van der Waals surface area contributed by atoms with Crippen molar-refractivity contribution in [3.05, 3.63) is 29.3 Å². The number of aryl methyl sites for hydroxylation is 1. The highest BCUT2D eigenvalue weighted by Gasteiger charge is 2.22. The van der Waals surface area contributed by atoms with E-state index >= 15 is 0 Å². The molecule has 2 rings (SSSR count). The highest BCUT2D eigenvalue weighted by atomic mass is 16.1. The van der Waals surface area contributed by atoms with E-state index in [1.54, 1.807) is 0 Å². The number of hydrogen-bond acceptors (Lipinski definition) is 2. The predicted octanol–water partition coefficient (Wildman–Crippen LogP) is 2.43. The number of anilines is 1. The van der Waals surface area contributed by atoms with E-state index < -0.39 is 0 Å². The molecule has 0 bridgehead atoms. The van der Waals surface area contributed by atoms with Gasteiger partial charge in [0.2, 0.25) is 5.91 Å². The van der Waals surface area contributed by atoms with Crippen LogP contribution in [0.2, 0.25) is 0 Å². The normalized spacial score (nSPS) is 14.8. The summed E-state index contributed by atoms with van der Waals surface area (Å²) < 4.78 is 0. The van der Waals surface area contributed by atoms with Gasteiger partial charge in [-0.3, -0.25) is 4.79 Å². The lowest BCUT2D eigenvalue weighted by Crippen LogP contribution is -2.20. The maximum Gasteiger partial charge on any atom is 0.227 e. The van der Waals surface area contributed by atoms with Crippen LogP contribution < -0.4 is 11.1 Å². The molecule has 1 aromatic rings. The first-order chi connectivity index (χ1) is 9.20. The van der Waals surface area contributed by atoms with Gasteiger partial charge in [0.15, 0.2) is 0 Å². The van der Waals surface area contributed by atoms with Crippen molar-refractivity contribution in [2.75, 3.05) is 11.9 Å². The Labute approximate surface area is 114 Å². The van der Waals surface area contributed by atoms with Crippen LogP contribution in [0.4, 0.5) is 5.69 Å². The summed E-state index contributed by atoms with van der Waals surface area (Å²) >= 11 is 0. The predicted molar refractivity (Wildman–Crippen MR) is 77.7 cm³/mol. The lowest BCUT2D eigenvalue weighted by molar-refractivity contribution is -0.119. The molecule has 0 aromatic heterocycles. The van der Waals surface area contributed by atoms with E-state index in [1.165, 1.54) is 12.8 Å². The molecular formula is C16H20N2O. The van der Waals surface area contributed by atoms with E-state index in [4.69, 9.17) is 5.73 Å². The average molecular weight is 256 g/mol. The zero-order chi connectivity index (χ0) is 13.7. The SMILES string of the molecule is Cc1ccc(C#CCN)cc1NC(=O)C1CCCC1. The molecule has 1 saturated carbocycles. The first-order valence-electron chi connectivity index (χ1n) is 6.81. The lowest BCUT2D eigenvalue weighted by atomic mass is 10.1. The molecule has 0 heterocycles. The number of amides is 1. The largest absolute Gasteiger partial charge is 0.326 e. The van der Waals surface area contributed by atoms with Crippen molar-refractivity contribution < 1.29 is 4.79 Å². The van der Waals surface area contributed by atoms with Crippen molar-refractivity contribution >= 4 is 11.6 Å². The molecular weight excluding hydrogens is 236 g/mol. The molecule has 0 unspecified atom stereocenters. The molecule has 3 nitrogen and oxygen atoms in total. The van der Waals surface area contributed by atoms with Gasteiger partial charge in [-0.2, -0.15) is 0 Å². The van der Waals surface area contributed by atoms with E-state index in [0.29, 0.717) is 6.54 Å². The second-order valence-corrected chi connectivity index (χ2v) is 5.01. The van der Waals surface area contributed by atoms with Crippen LogP contribution in [0.3, 0.4) is 0 Å². The summed E-state index contributed by atoms with van der Waals surface area (Å²) in [6.45, 7) is 2.34. The number of rotatable bonds is 2. The van der Waals surface area contributed by atoms with Crippen molar-refractivity contribution in [1.29, 1.82) is 0 Å². The van der Waals surface area contributed by atoms with Gasteiger partial charge in [0.05, 0.1) is 6.54 Å². The summed E-state index contributed by atoms with van der Waals surface area (Å²) in [6, 6.07) is 5.85. The Hall–Kier alpha value is -1.79. The molecule has 1 aliphatic rings. The molecule has 0 radical (unpaired) electrons. The number of hydrogen-bond donors (Lipinski definition) is 2. The molecule has 3 heteroatoms. The van der Waals surface area contributed by atoms with Crippen molar-refractivity contribution in [3.8, 4) is 11.8 Å². The fourth-order valence-corrected chi connectivity index (χ4v) is 2.41. The third kappa shape index (κ3) is 3.59. The van der Waals surface area contributed by atoms with Gasteiger partial charge in [0.1, 0.15) is 0 Å². The van der Waals surface area contributed by atoms with E-state index in [9.17, 15) is 4.79 Å². The van der Waals surface area contributed by atoms with Gasteiger partial charge < -0.3 is 11.1 Å². The summed E-state index contributed by atoms with van der Waals surface area (Å²) in [7, 11) is 0. The number of carbonyl (C=O) groups excluding carboxylic acids is 1. The van der Waals surface area contributed by atoms with Gasteiger partial charge in [-0.05, 0) is 37.5 Å². The van der Waals surface area contributed by atoms with Crippen molar-refractivity contribution in [3.63, 3.8) is 0 Å². The number of benzene rings is 1. The third-order valence-electron chi connectivity index (χ3n) is 3.56. The van der Waals surface area contributed by atoms with Crippen LogP contribution in [-0.4, -0.2) is 12.5 Å². The molecule has 3 N–H and O–H groups in total. The molecule has 1 fully saturated rings. The fraction of sp³-hybridized carbons (Fsp3) is 0.438. The molecule has 100 valence electrons. The van der Waals surface area contributed by atoms with Crippen molar-refractivity contribution in [1.82, 2.24) is 0 Å². The van der Waals surface area contributed by atoms with Crippen LogP contribution in [0, 0.1) is 24.7 Å². The highest BCUT2D eigenvalue weighted by Crippen LogP contribution is 2.26. The summed E-state index contributed by atoms with van der Waals surface area (Å²) in [5.41, 5.74) is 8.17. The van der Waals surface area contributed by atoms with Gasteiger partial charge in [0.25, 0.3) is 0 Å². The molecule has 0 spiro atoms. The summed E-state index contributed by atoms with van der Waals surface area (Å²) in [5, 5.41) is 3.03. The maximum absolute atomic E-state index is 12.1. The van der Waals surface area contributed by atoms with Crippen molar-refractivity contribution in [2.24, 2.45) is 11.7 Å². The average Bonchev–Trinajstić information content (AvgIpc) is 2.93. The Morgan fingerprint density at radius 1 is 1.42 bits per heavy atom. The number of carbonyl (C=O) groups is 1. The Balaban J connectivity index is 2.12. The zero-order valence-electron chi connectivity index (χ0n) is 11.3. The van der Waals surface area contributed by atoms with Gasteiger partial charge in [-0.1, -0.05) is 30.7 Å². The molecule has 0 atom stereocenters. The van der Waals surface area contributed by atoms with Crippen LogP contribution in [-0.2, 0) is 4.79 Å². The van der Waals surface area contributed by atoms with Gasteiger partial charge >= 0.3 is 0 Å². The Morgan fingerprint density at radius 2 is 2.16 bits per heavy atom. The lowest BCUT2D eigenvalue weighted by Gasteiger charge is -2.12. The zero-order valence-corrected chi connectivity index (χ0v) is 11.3. The van der Waals surface area contributed by atoms with Crippen LogP contribution in [0.15, 0.2) is 18.2 Å². The first-order valence-corrected chi connectivity index (χ1v) is 6.81. The summed E-state index contributed by atoms with van der Waals surface area (Å²) in [4.78, 5) is 12.1. The van der Waals surface area contributed by atoms with E-state index in [0.717, 1.165) is 29.7 Å². The van der Waals surface area contributed by atoms with E-state index in [-0.39, 0.29) is 11.8 Å². The minimum Gasteiger partial charge on any atom is -0.326 e. The topological polar surface area (TPSA) is 55.1 Å². The molecule has 0 aliphatic heterocycles. The molecule has 1 aromatic carbocycles. The third-order valence-corrected chi connectivity index (χ3v) is 3.56. The maximum atomic E-state index is 12.1. The van der Waals surface area contributed by atoms with Gasteiger partial charge in [-0.25, -0.2) is 0 Å². The van der Waals surface area contributed by atoms with E-state index in [1.807, 2.05) is 25.1 Å². The van der Waals surface area contributed by atoms with Gasteiger partial charge in [-0.15, -0.1) is 0 Å². The second-order valence-electron chi connectivity index (χ2n) is 5.01. The van der Waals surface area contributed by atoms with Crippen LogP contribution in [0.5, 0.6) is 0 Å². The number of nitrogens with one attached hydrogen (secondary N) is 1. The van der Waals surface area contributed by atoms with Crippen LogP contribution in [0.1, 0.15) is 36.8 Å². The van der Waals surface area contributed by atoms with Crippen molar-refractivity contribution in [2.45, 2.75) is 32.6 Å². The second kappa shape index (κ2) is 6.40. The summed E-state index contributed by atoms with van der Waals surface area (Å²) in [6.07, 6.45) is 4.35. The summed E-state index contributed by atoms with van der Waals surface area (Å²) in [5.74, 6) is 6.14. The molecule has 1 aliphatic carbocycles. The highest BCUT2D eigenvalue weighted by molar-refractivity contribution is 5.93. The van der Waals surface area contributed by atoms with E-state index in [2.05, 4.69) is 17.2 Å². The monoisotopic (exact) mass is 256 g/mol. The fourth-order valence-electron chi connectivity index (χ4n) is 2.41. The first kappa shape index (κ1) is 13.6. The Bertz CT molecular complexity index is 519. The molecule has 19 heavy (non-hydrogen) atoms. The molecule has 0 saturated heterocycles. The van der Waals surface area contributed by atoms with Crippen LogP contribution in [0.25, 0.3) is 0 Å². The minimum atomic E-state index is 0.143. The molecule has 1 amide bonds. The standard InChI is InChI=1S/C16H20N2O/c1-12-8-9-13(5-4-10-17)11-15(12)18-16(19)14-6-2-3-7-14/h8-9,11,14H,2-3,6-7,10,17H2,1H3,(H,18,19).